The van der Waals surface area contributed by atoms with Gasteiger partial charge in [0, 0.05) is 30.8 Å². The number of rotatable bonds is 11. The summed E-state index contributed by atoms with van der Waals surface area (Å²) in [7, 11) is -1.08. The summed E-state index contributed by atoms with van der Waals surface area (Å²) in [5.41, 5.74) is 3.04. The van der Waals surface area contributed by atoms with Crippen LogP contribution in [0.4, 0.5) is 5.95 Å². The molecule has 3 aromatic heterocycles. The van der Waals surface area contributed by atoms with Gasteiger partial charge in [0.15, 0.2) is 5.82 Å². The second-order valence-corrected chi connectivity index (χ2v) is 10.8. The zero-order valence-corrected chi connectivity index (χ0v) is 23.4. The van der Waals surface area contributed by atoms with Crippen molar-refractivity contribution < 1.29 is 22.6 Å². The van der Waals surface area contributed by atoms with E-state index < -0.39 is 21.4 Å². The number of hydrogen-bond acceptors (Lipinski definition) is 10. The fraction of sp³-hybridized carbons (Fsp3) is 0.346. The largest absolute Gasteiger partial charge is 0.494 e. The third kappa shape index (κ3) is 5.83. The molecule has 0 unspecified atom stereocenters. The molecule has 0 fully saturated rings. The molecule has 0 saturated heterocycles. The van der Waals surface area contributed by atoms with Gasteiger partial charge in [0.2, 0.25) is 16.0 Å². The zero-order chi connectivity index (χ0) is 28.2. The van der Waals surface area contributed by atoms with Gasteiger partial charge >= 0.3 is 0 Å². The van der Waals surface area contributed by atoms with Gasteiger partial charge in [-0.25, -0.2) is 8.42 Å². The molecule has 0 aliphatic heterocycles. The van der Waals surface area contributed by atoms with Gasteiger partial charge in [-0.3, -0.25) is 24.2 Å². The second kappa shape index (κ2) is 11.7. The molecule has 2 atom stereocenters. The molecule has 0 aliphatic rings. The van der Waals surface area contributed by atoms with Gasteiger partial charge < -0.3 is 14.2 Å². The van der Waals surface area contributed by atoms with Gasteiger partial charge in [0.1, 0.15) is 28.5 Å². The van der Waals surface area contributed by atoms with Crippen molar-refractivity contribution in [3.05, 3.63) is 66.0 Å². The van der Waals surface area contributed by atoms with Crippen molar-refractivity contribution in [2.45, 2.75) is 39.0 Å². The van der Waals surface area contributed by atoms with Gasteiger partial charge in [-0.1, -0.05) is 6.07 Å². The molecule has 4 aromatic rings. The van der Waals surface area contributed by atoms with Crippen LogP contribution in [0.5, 0.6) is 11.5 Å². The van der Waals surface area contributed by atoms with E-state index in [1.165, 1.54) is 20.4 Å². The molecule has 4 rings (SSSR count). The maximum atomic E-state index is 13.8. The number of hydrogen-bond donors (Lipinski definition) is 1. The number of para-hydroxylation sites is 1. The zero-order valence-electron chi connectivity index (χ0n) is 22.6. The van der Waals surface area contributed by atoms with Crippen LogP contribution in [0.15, 0.2) is 49.1 Å². The number of benzene rings is 1. The number of sulfonamides is 1. The van der Waals surface area contributed by atoms with Crippen LogP contribution in [0.2, 0.25) is 0 Å². The van der Waals surface area contributed by atoms with Crippen LogP contribution in [0.1, 0.15) is 36.9 Å². The highest BCUT2D eigenvalue weighted by Gasteiger charge is 2.35. The Morgan fingerprint density at radius 2 is 1.72 bits per heavy atom. The number of aromatic nitrogens is 6. The topological polar surface area (TPSA) is 143 Å². The minimum atomic E-state index is -4.10. The fourth-order valence-electron chi connectivity index (χ4n) is 4.05. The predicted molar refractivity (Wildman–Crippen MR) is 146 cm³/mol. The minimum Gasteiger partial charge on any atom is -0.494 e. The standard InChI is InChI=1S/C26H31N7O5S/c1-7-38-24(20-15-28-17(3)13-29-20)18(4)39(34,35)32-26-31-30-25(19-11-16(2)12-27-14-19)33(26)23-21(36-5)9-8-10-22(23)37-6/h8-15,18,24H,7H2,1-6H3,(H,31,32)/t18-,24-/m0/s1. The Morgan fingerprint density at radius 1 is 1.00 bits per heavy atom. The number of methoxy groups -OCH3 is 2. The first-order valence-corrected chi connectivity index (χ1v) is 13.7. The molecule has 0 aliphatic carbocycles. The van der Waals surface area contributed by atoms with Crippen LogP contribution in [0.3, 0.4) is 0 Å². The highest BCUT2D eigenvalue weighted by atomic mass is 32.2. The lowest BCUT2D eigenvalue weighted by Crippen LogP contribution is -2.33. The molecular weight excluding hydrogens is 522 g/mol. The lowest BCUT2D eigenvalue weighted by Gasteiger charge is -2.24. The Labute approximate surface area is 227 Å². The first kappa shape index (κ1) is 27.9. The van der Waals surface area contributed by atoms with E-state index in [0.29, 0.717) is 40.0 Å². The Balaban J connectivity index is 1.84. The third-order valence-corrected chi connectivity index (χ3v) is 7.70. The number of nitrogens with zero attached hydrogens (tertiary/aromatic N) is 6. The SMILES string of the molecule is CCO[C@H](c1cnc(C)cn1)[C@H](C)S(=O)(=O)Nc1nnc(-c2cncc(C)c2)n1-c1c(OC)cccc1OC. The molecule has 13 heteroatoms. The Morgan fingerprint density at radius 3 is 2.31 bits per heavy atom. The van der Waals surface area contributed by atoms with E-state index in [-0.39, 0.29) is 12.6 Å². The summed E-state index contributed by atoms with van der Waals surface area (Å²) in [5.74, 6) is 1.12. The summed E-state index contributed by atoms with van der Waals surface area (Å²) in [4.78, 5) is 12.9. The molecular formula is C26H31N7O5S. The lowest BCUT2D eigenvalue weighted by atomic mass is 10.2. The molecule has 12 nitrogen and oxygen atoms in total. The maximum Gasteiger partial charge on any atom is 0.243 e. The molecule has 0 spiro atoms. The van der Waals surface area contributed by atoms with E-state index in [1.54, 1.807) is 62.1 Å². The number of pyridine rings is 1. The van der Waals surface area contributed by atoms with Crippen LogP contribution in [0, 0.1) is 13.8 Å². The van der Waals surface area contributed by atoms with Crippen LogP contribution >= 0.6 is 0 Å². The molecule has 0 saturated carbocycles. The lowest BCUT2D eigenvalue weighted by molar-refractivity contribution is 0.0588. The number of aryl methyl sites for hydroxylation is 2. The van der Waals surface area contributed by atoms with Crippen LogP contribution in [-0.4, -0.2) is 64.2 Å². The smallest absolute Gasteiger partial charge is 0.243 e. The van der Waals surface area contributed by atoms with Gasteiger partial charge in [0.25, 0.3) is 0 Å². The van der Waals surface area contributed by atoms with E-state index in [0.717, 1.165) is 5.56 Å². The summed E-state index contributed by atoms with van der Waals surface area (Å²) < 4.78 is 48.7. The van der Waals surface area contributed by atoms with Crippen molar-refractivity contribution in [3.8, 4) is 28.6 Å². The number of anilines is 1. The van der Waals surface area contributed by atoms with Gasteiger partial charge in [0.05, 0.1) is 31.8 Å². The average molecular weight is 554 g/mol. The van der Waals surface area contributed by atoms with Crippen LogP contribution in [-0.2, 0) is 14.8 Å². The van der Waals surface area contributed by atoms with E-state index >= 15 is 0 Å². The average Bonchev–Trinajstić information content (AvgIpc) is 3.33. The molecule has 3 heterocycles. The third-order valence-electron chi connectivity index (χ3n) is 6.01. The first-order valence-electron chi connectivity index (χ1n) is 12.2. The van der Waals surface area contributed by atoms with E-state index in [9.17, 15) is 8.42 Å². The van der Waals surface area contributed by atoms with Gasteiger partial charge in [-0.2, -0.15) is 0 Å². The summed E-state index contributed by atoms with van der Waals surface area (Å²) in [6.45, 7) is 7.30. The van der Waals surface area contributed by atoms with Crippen molar-refractivity contribution in [3.63, 3.8) is 0 Å². The maximum absolute atomic E-state index is 13.8. The molecule has 39 heavy (non-hydrogen) atoms. The van der Waals surface area contributed by atoms with Crippen LogP contribution < -0.4 is 14.2 Å². The Hall–Kier alpha value is -4.10. The summed E-state index contributed by atoms with van der Waals surface area (Å²) in [6, 6.07) is 7.11. The Kier molecular flexibility index (Phi) is 8.41. The minimum absolute atomic E-state index is 0.0635. The molecule has 0 amide bonds. The number of ether oxygens (including phenoxy) is 3. The highest BCUT2D eigenvalue weighted by Crippen LogP contribution is 2.38. The predicted octanol–water partition coefficient (Wildman–Crippen LogP) is 3.66. The Bertz CT molecular complexity index is 1520. The second-order valence-electron chi connectivity index (χ2n) is 8.76. The molecule has 1 aromatic carbocycles. The number of nitrogens with one attached hydrogen (secondary N) is 1. The van der Waals surface area contributed by atoms with Crippen molar-refractivity contribution in [1.82, 2.24) is 29.7 Å². The van der Waals surface area contributed by atoms with E-state index in [1.807, 2.05) is 13.0 Å². The van der Waals surface area contributed by atoms with Crippen molar-refractivity contribution in [2.24, 2.45) is 0 Å². The van der Waals surface area contributed by atoms with Gasteiger partial charge in [-0.15, -0.1) is 10.2 Å². The van der Waals surface area contributed by atoms with E-state index in [2.05, 4.69) is 29.9 Å². The monoisotopic (exact) mass is 553 g/mol. The fourth-order valence-corrected chi connectivity index (χ4v) is 5.17. The van der Waals surface area contributed by atoms with Gasteiger partial charge in [-0.05, 0) is 51.5 Å². The molecule has 0 bridgehead atoms. The van der Waals surface area contributed by atoms with Crippen molar-refractivity contribution in [1.29, 1.82) is 0 Å². The first-order chi connectivity index (χ1) is 18.7. The molecule has 1 N–H and O–H groups in total. The normalized spacial score (nSPS) is 13.1. The quantitative estimate of drug-likeness (QED) is 0.292. The van der Waals surface area contributed by atoms with E-state index in [4.69, 9.17) is 14.2 Å². The highest BCUT2D eigenvalue weighted by molar-refractivity contribution is 7.93. The summed E-state index contributed by atoms with van der Waals surface area (Å²) in [6.07, 6.45) is 5.55. The molecule has 0 radical (unpaired) electrons. The molecule has 206 valence electrons. The summed E-state index contributed by atoms with van der Waals surface area (Å²) in [5, 5.41) is 7.48. The van der Waals surface area contributed by atoms with Crippen molar-refractivity contribution >= 4 is 16.0 Å². The summed E-state index contributed by atoms with van der Waals surface area (Å²) >= 11 is 0. The van der Waals surface area contributed by atoms with Crippen molar-refractivity contribution in [2.75, 3.05) is 25.5 Å². The van der Waals surface area contributed by atoms with Crippen LogP contribution in [0.25, 0.3) is 17.1 Å².